The zero-order valence-electron chi connectivity index (χ0n) is 10.5. The minimum absolute atomic E-state index is 0.145. The van der Waals surface area contributed by atoms with Gasteiger partial charge in [0.1, 0.15) is 11.6 Å². The maximum absolute atomic E-state index is 13.6. The van der Waals surface area contributed by atoms with Crippen molar-refractivity contribution in [3.63, 3.8) is 0 Å². The van der Waals surface area contributed by atoms with Gasteiger partial charge in [-0.3, -0.25) is 0 Å². The fourth-order valence-corrected chi connectivity index (χ4v) is 2.23. The Balaban J connectivity index is 2.38. The Morgan fingerprint density at radius 2 is 1.68 bits per heavy atom. The molecular weight excluding hydrogens is 312 g/mol. The smallest absolute Gasteiger partial charge is 0.137 e. The van der Waals surface area contributed by atoms with E-state index in [-0.39, 0.29) is 17.7 Å². The summed E-state index contributed by atoms with van der Waals surface area (Å²) in [5.41, 5.74) is 1.72. The van der Waals surface area contributed by atoms with E-state index in [4.69, 9.17) is 0 Å². The Morgan fingerprint density at radius 3 is 2.26 bits per heavy atom. The molecular formula is C15H14BrF2N. The van der Waals surface area contributed by atoms with Crippen LogP contribution < -0.4 is 5.32 Å². The summed E-state index contributed by atoms with van der Waals surface area (Å²) in [7, 11) is 0. The number of halogens is 3. The van der Waals surface area contributed by atoms with Crippen LogP contribution in [0.1, 0.15) is 24.1 Å². The van der Waals surface area contributed by atoms with Crippen molar-refractivity contribution in [2.45, 2.75) is 13.0 Å². The third kappa shape index (κ3) is 3.39. The fraction of sp³-hybridized carbons (Fsp3) is 0.200. The number of rotatable bonds is 4. The summed E-state index contributed by atoms with van der Waals surface area (Å²) >= 11 is 3.14. The number of hydrogen-bond acceptors (Lipinski definition) is 1. The molecule has 0 saturated heterocycles. The van der Waals surface area contributed by atoms with Crippen LogP contribution in [0.2, 0.25) is 0 Å². The third-order valence-corrected chi connectivity index (χ3v) is 3.53. The lowest BCUT2D eigenvalue weighted by Gasteiger charge is -2.19. The molecule has 0 aromatic heterocycles. The van der Waals surface area contributed by atoms with E-state index in [1.54, 1.807) is 18.2 Å². The van der Waals surface area contributed by atoms with Gasteiger partial charge in [-0.2, -0.15) is 0 Å². The van der Waals surface area contributed by atoms with Gasteiger partial charge in [0.25, 0.3) is 0 Å². The molecule has 2 aromatic carbocycles. The van der Waals surface area contributed by atoms with Crippen molar-refractivity contribution >= 4 is 15.9 Å². The van der Waals surface area contributed by atoms with Gasteiger partial charge in [0.15, 0.2) is 0 Å². The summed E-state index contributed by atoms with van der Waals surface area (Å²) in [4.78, 5) is 0. The van der Waals surface area contributed by atoms with Crippen LogP contribution >= 0.6 is 15.9 Å². The second-order valence-corrected chi connectivity index (χ2v) is 5.07. The molecule has 0 bridgehead atoms. The van der Waals surface area contributed by atoms with Crippen LogP contribution in [-0.4, -0.2) is 6.54 Å². The first kappa shape index (κ1) is 14.2. The Morgan fingerprint density at radius 1 is 1.05 bits per heavy atom. The van der Waals surface area contributed by atoms with Crippen molar-refractivity contribution in [2.75, 3.05) is 6.54 Å². The van der Waals surface area contributed by atoms with Gasteiger partial charge in [0.2, 0.25) is 0 Å². The predicted octanol–water partition coefficient (Wildman–Crippen LogP) is 4.43. The van der Waals surface area contributed by atoms with E-state index in [1.807, 2.05) is 13.0 Å². The number of nitrogens with one attached hydrogen (secondary N) is 1. The second kappa shape index (κ2) is 6.26. The first-order valence-corrected chi connectivity index (χ1v) is 6.85. The molecule has 1 unspecified atom stereocenters. The number of benzene rings is 2. The lowest BCUT2D eigenvalue weighted by Crippen LogP contribution is -2.22. The van der Waals surface area contributed by atoms with Crippen LogP contribution in [-0.2, 0) is 0 Å². The maximum atomic E-state index is 13.6. The van der Waals surface area contributed by atoms with Crippen molar-refractivity contribution in [2.24, 2.45) is 0 Å². The zero-order chi connectivity index (χ0) is 13.8. The molecule has 0 amide bonds. The average Bonchev–Trinajstić information content (AvgIpc) is 2.41. The lowest BCUT2D eigenvalue weighted by molar-refractivity contribution is 0.595. The van der Waals surface area contributed by atoms with Gasteiger partial charge in [-0.1, -0.05) is 25.1 Å². The lowest BCUT2D eigenvalue weighted by atomic mass is 9.98. The molecule has 0 radical (unpaired) electrons. The summed E-state index contributed by atoms with van der Waals surface area (Å²) in [6, 6.07) is 11.1. The molecule has 0 aliphatic heterocycles. The molecule has 0 aliphatic rings. The normalized spacial score (nSPS) is 12.4. The van der Waals surface area contributed by atoms with Crippen molar-refractivity contribution < 1.29 is 8.78 Å². The van der Waals surface area contributed by atoms with Gasteiger partial charge in [0, 0.05) is 0 Å². The Bertz CT molecular complexity index is 555. The summed E-state index contributed by atoms with van der Waals surface area (Å²) in [5.74, 6) is -0.580. The van der Waals surface area contributed by atoms with Gasteiger partial charge >= 0.3 is 0 Å². The minimum Gasteiger partial charge on any atom is -0.307 e. The monoisotopic (exact) mass is 325 g/mol. The molecule has 2 rings (SSSR count). The minimum atomic E-state index is -0.303. The molecule has 2 aromatic rings. The van der Waals surface area contributed by atoms with E-state index in [0.29, 0.717) is 4.47 Å². The van der Waals surface area contributed by atoms with E-state index in [2.05, 4.69) is 21.2 Å². The van der Waals surface area contributed by atoms with Gasteiger partial charge < -0.3 is 5.32 Å². The molecule has 0 heterocycles. The Kier molecular flexibility index (Phi) is 4.66. The molecule has 100 valence electrons. The van der Waals surface area contributed by atoms with Crippen LogP contribution in [0.4, 0.5) is 8.78 Å². The van der Waals surface area contributed by atoms with Gasteiger partial charge in [-0.15, -0.1) is 0 Å². The van der Waals surface area contributed by atoms with Crippen LogP contribution in [0, 0.1) is 11.6 Å². The molecule has 1 atom stereocenters. The van der Waals surface area contributed by atoms with E-state index in [0.717, 1.165) is 17.7 Å². The zero-order valence-corrected chi connectivity index (χ0v) is 12.0. The van der Waals surface area contributed by atoms with E-state index in [1.165, 1.54) is 18.2 Å². The summed E-state index contributed by atoms with van der Waals surface area (Å²) in [6.45, 7) is 2.71. The standard InChI is InChI=1S/C15H14BrF2N/c1-2-19-15(10-3-6-12(17)7-4-10)11-5-8-13(16)14(18)9-11/h3-9,15,19H,2H2,1H3. The first-order chi connectivity index (χ1) is 9.11. The molecule has 1 nitrogen and oxygen atoms in total. The highest BCUT2D eigenvalue weighted by Crippen LogP contribution is 2.25. The molecule has 0 aliphatic carbocycles. The van der Waals surface area contributed by atoms with Crippen molar-refractivity contribution in [3.8, 4) is 0 Å². The SMILES string of the molecule is CCNC(c1ccc(F)cc1)c1ccc(Br)c(F)c1. The highest BCUT2D eigenvalue weighted by Gasteiger charge is 2.14. The van der Waals surface area contributed by atoms with Crippen molar-refractivity contribution in [3.05, 3.63) is 69.7 Å². The van der Waals surface area contributed by atoms with Gasteiger partial charge in [-0.25, -0.2) is 8.78 Å². The predicted molar refractivity (Wildman–Crippen MR) is 76.0 cm³/mol. The largest absolute Gasteiger partial charge is 0.307 e. The summed E-state index contributed by atoms with van der Waals surface area (Å²) in [6.07, 6.45) is 0. The van der Waals surface area contributed by atoms with Crippen molar-refractivity contribution in [1.82, 2.24) is 5.32 Å². The van der Waals surface area contributed by atoms with Gasteiger partial charge in [-0.05, 0) is 57.9 Å². The molecule has 1 N–H and O–H groups in total. The maximum Gasteiger partial charge on any atom is 0.137 e. The Hall–Kier alpha value is -1.26. The van der Waals surface area contributed by atoms with Crippen LogP contribution in [0.5, 0.6) is 0 Å². The number of hydrogen-bond donors (Lipinski definition) is 1. The highest BCUT2D eigenvalue weighted by molar-refractivity contribution is 9.10. The topological polar surface area (TPSA) is 12.0 Å². The molecule has 0 fully saturated rings. The van der Waals surface area contributed by atoms with Crippen LogP contribution in [0.3, 0.4) is 0 Å². The molecule has 0 spiro atoms. The molecule has 19 heavy (non-hydrogen) atoms. The van der Waals surface area contributed by atoms with E-state index in [9.17, 15) is 8.78 Å². The van der Waals surface area contributed by atoms with Crippen LogP contribution in [0.25, 0.3) is 0 Å². The van der Waals surface area contributed by atoms with Crippen LogP contribution in [0.15, 0.2) is 46.9 Å². The van der Waals surface area contributed by atoms with Crippen molar-refractivity contribution in [1.29, 1.82) is 0 Å². The fourth-order valence-electron chi connectivity index (χ4n) is 1.98. The Labute approximate surface area is 119 Å². The average molecular weight is 326 g/mol. The summed E-state index contributed by atoms with van der Waals surface area (Å²) < 4.78 is 27.0. The second-order valence-electron chi connectivity index (χ2n) is 4.22. The van der Waals surface area contributed by atoms with Gasteiger partial charge in [0.05, 0.1) is 10.5 Å². The summed E-state index contributed by atoms with van der Waals surface area (Å²) in [5, 5.41) is 3.28. The van der Waals surface area contributed by atoms with E-state index >= 15 is 0 Å². The molecule has 0 saturated carbocycles. The molecule has 4 heteroatoms. The van der Waals surface area contributed by atoms with E-state index < -0.39 is 0 Å². The first-order valence-electron chi connectivity index (χ1n) is 6.05. The quantitative estimate of drug-likeness (QED) is 0.877. The third-order valence-electron chi connectivity index (χ3n) is 2.89. The highest BCUT2D eigenvalue weighted by atomic mass is 79.9.